The Balaban J connectivity index is 1.64. The Morgan fingerprint density at radius 3 is 2.68 bits per heavy atom. The molecule has 0 saturated carbocycles. The highest BCUT2D eigenvalue weighted by molar-refractivity contribution is 7.99. The molecule has 28 heavy (non-hydrogen) atoms. The first kappa shape index (κ1) is 20.4. The van der Waals surface area contributed by atoms with Crippen molar-refractivity contribution in [1.82, 2.24) is 20.2 Å². The van der Waals surface area contributed by atoms with Crippen LogP contribution in [0.2, 0.25) is 10.0 Å². The second-order valence-corrected chi connectivity index (χ2v) is 7.42. The highest BCUT2D eigenvalue weighted by Gasteiger charge is 2.19. The first-order valence-electron chi connectivity index (χ1n) is 7.98. The molecule has 146 valence electrons. The number of halogens is 3. The van der Waals surface area contributed by atoms with Crippen LogP contribution in [0.3, 0.4) is 0 Å². The standard InChI is InChI=1S/C17H14Cl2FN5O2S/c1-25-17(22-23-24-25)21-16(26)12-6-7-13(18)15(14(12)19)27-8-9-28-11-4-2-10(20)3-5-11/h2-7H,8-9H2,1H3,(H,21,22,24,26). The van der Waals surface area contributed by atoms with E-state index in [1.165, 1.54) is 40.7 Å². The van der Waals surface area contributed by atoms with Gasteiger partial charge < -0.3 is 4.74 Å². The highest BCUT2D eigenvalue weighted by Crippen LogP contribution is 2.36. The maximum Gasteiger partial charge on any atom is 0.259 e. The van der Waals surface area contributed by atoms with Crippen molar-refractivity contribution in [2.45, 2.75) is 4.90 Å². The fourth-order valence-electron chi connectivity index (χ4n) is 2.18. The van der Waals surface area contributed by atoms with Gasteiger partial charge in [-0.15, -0.1) is 11.8 Å². The fourth-order valence-corrected chi connectivity index (χ4v) is 3.47. The van der Waals surface area contributed by atoms with Gasteiger partial charge in [0.1, 0.15) is 5.82 Å². The van der Waals surface area contributed by atoms with Crippen molar-refractivity contribution >= 4 is 46.8 Å². The molecule has 1 heterocycles. The molecule has 0 aliphatic heterocycles. The van der Waals surface area contributed by atoms with Crippen LogP contribution in [0.15, 0.2) is 41.3 Å². The van der Waals surface area contributed by atoms with Crippen molar-refractivity contribution < 1.29 is 13.9 Å². The number of amides is 1. The molecule has 2 aromatic carbocycles. The molecular formula is C17H14Cl2FN5O2S. The predicted molar refractivity (Wildman–Crippen MR) is 106 cm³/mol. The predicted octanol–water partition coefficient (Wildman–Crippen LogP) is 4.08. The van der Waals surface area contributed by atoms with Crippen molar-refractivity contribution in [1.29, 1.82) is 0 Å². The lowest BCUT2D eigenvalue weighted by Crippen LogP contribution is -2.16. The summed E-state index contributed by atoms with van der Waals surface area (Å²) < 4.78 is 19.9. The van der Waals surface area contributed by atoms with E-state index in [9.17, 15) is 9.18 Å². The van der Waals surface area contributed by atoms with E-state index in [1.54, 1.807) is 19.2 Å². The van der Waals surface area contributed by atoms with Crippen LogP contribution in [0, 0.1) is 5.82 Å². The molecule has 11 heteroatoms. The summed E-state index contributed by atoms with van der Waals surface area (Å²) in [4.78, 5) is 13.4. The number of thioether (sulfide) groups is 1. The zero-order valence-corrected chi connectivity index (χ0v) is 16.9. The SMILES string of the molecule is Cn1nnnc1NC(=O)c1ccc(Cl)c(OCCSc2ccc(F)cc2)c1Cl. The van der Waals surface area contributed by atoms with E-state index in [2.05, 4.69) is 20.8 Å². The van der Waals surface area contributed by atoms with Gasteiger partial charge in [0.2, 0.25) is 5.95 Å². The maximum absolute atomic E-state index is 12.9. The zero-order chi connectivity index (χ0) is 20.1. The van der Waals surface area contributed by atoms with Crippen LogP contribution in [0.5, 0.6) is 5.75 Å². The molecule has 0 unspecified atom stereocenters. The third-order valence-electron chi connectivity index (χ3n) is 3.55. The molecule has 0 bridgehead atoms. The van der Waals surface area contributed by atoms with Crippen molar-refractivity contribution in [3.8, 4) is 5.75 Å². The number of nitrogens with zero attached hydrogens (tertiary/aromatic N) is 4. The van der Waals surface area contributed by atoms with E-state index in [0.29, 0.717) is 12.4 Å². The summed E-state index contributed by atoms with van der Waals surface area (Å²) >= 11 is 14.0. The van der Waals surface area contributed by atoms with Crippen LogP contribution >= 0.6 is 35.0 Å². The quantitative estimate of drug-likeness (QED) is 0.439. The van der Waals surface area contributed by atoms with Crippen LogP contribution in [0.4, 0.5) is 10.3 Å². The molecular weight excluding hydrogens is 428 g/mol. The zero-order valence-electron chi connectivity index (χ0n) is 14.5. The number of carbonyl (C=O) groups is 1. The van der Waals surface area contributed by atoms with Crippen molar-refractivity contribution in [3.63, 3.8) is 0 Å². The molecule has 7 nitrogen and oxygen atoms in total. The van der Waals surface area contributed by atoms with Crippen LogP contribution < -0.4 is 10.1 Å². The number of hydrogen-bond acceptors (Lipinski definition) is 6. The smallest absolute Gasteiger partial charge is 0.259 e. The Bertz CT molecular complexity index is 984. The Morgan fingerprint density at radius 1 is 1.25 bits per heavy atom. The number of aromatic nitrogens is 4. The van der Waals surface area contributed by atoms with E-state index in [4.69, 9.17) is 27.9 Å². The Morgan fingerprint density at radius 2 is 2.00 bits per heavy atom. The van der Waals surface area contributed by atoms with E-state index in [1.807, 2.05) is 0 Å². The third-order valence-corrected chi connectivity index (χ3v) is 5.20. The van der Waals surface area contributed by atoms with Crippen LogP contribution in [0.25, 0.3) is 0 Å². The van der Waals surface area contributed by atoms with E-state index in [0.717, 1.165) is 4.90 Å². The van der Waals surface area contributed by atoms with Gasteiger partial charge in [0.05, 0.1) is 22.2 Å². The van der Waals surface area contributed by atoms with E-state index < -0.39 is 5.91 Å². The Hall–Kier alpha value is -2.36. The summed E-state index contributed by atoms with van der Waals surface area (Å²) in [7, 11) is 1.59. The lowest BCUT2D eigenvalue weighted by Gasteiger charge is -2.13. The monoisotopic (exact) mass is 441 g/mol. The molecule has 0 saturated heterocycles. The third kappa shape index (κ3) is 4.92. The number of tetrazole rings is 1. The highest BCUT2D eigenvalue weighted by atomic mass is 35.5. The van der Waals surface area contributed by atoms with Gasteiger partial charge in [0.25, 0.3) is 5.91 Å². The number of rotatable bonds is 7. The minimum Gasteiger partial charge on any atom is -0.490 e. The fraction of sp³-hybridized carbons (Fsp3) is 0.176. The Labute approximate surface area is 174 Å². The summed E-state index contributed by atoms with van der Waals surface area (Å²) in [6.07, 6.45) is 0. The van der Waals surface area contributed by atoms with E-state index in [-0.39, 0.29) is 33.1 Å². The van der Waals surface area contributed by atoms with Crippen molar-refractivity contribution in [2.75, 3.05) is 17.7 Å². The lowest BCUT2D eigenvalue weighted by atomic mass is 10.2. The van der Waals surface area contributed by atoms with Gasteiger partial charge in [-0.1, -0.05) is 28.3 Å². The topological polar surface area (TPSA) is 81.9 Å². The summed E-state index contributed by atoms with van der Waals surface area (Å²) in [5.41, 5.74) is 0.176. The lowest BCUT2D eigenvalue weighted by molar-refractivity contribution is 0.102. The van der Waals surface area contributed by atoms with Gasteiger partial charge in [-0.2, -0.15) is 0 Å². The van der Waals surface area contributed by atoms with Crippen LogP contribution in [-0.4, -0.2) is 38.5 Å². The average Bonchev–Trinajstić information content (AvgIpc) is 3.07. The molecule has 0 spiro atoms. The van der Waals surface area contributed by atoms with Gasteiger partial charge in [-0.25, -0.2) is 9.07 Å². The van der Waals surface area contributed by atoms with Gasteiger partial charge in [-0.05, 0) is 46.8 Å². The van der Waals surface area contributed by atoms with Crippen molar-refractivity contribution in [3.05, 3.63) is 57.8 Å². The minimum atomic E-state index is -0.495. The second-order valence-electron chi connectivity index (χ2n) is 5.47. The summed E-state index contributed by atoms with van der Waals surface area (Å²) in [6.45, 7) is 0.291. The first-order chi connectivity index (χ1) is 13.5. The molecule has 1 aromatic heterocycles. The number of benzene rings is 2. The summed E-state index contributed by atoms with van der Waals surface area (Å²) in [6, 6.07) is 9.18. The minimum absolute atomic E-state index is 0.0897. The number of hydrogen-bond donors (Lipinski definition) is 1. The number of anilines is 1. The molecule has 1 N–H and O–H groups in total. The Kier molecular flexibility index (Phi) is 6.71. The normalized spacial score (nSPS) is 10.7. The molecule has 0 radical (unpaired) electrons. The average molecular weight is 442 g/mol. The second kappa shape index (κ2) is 9.22. The summed E-state index contributed by atoms with van der Waals surface area (Å²) in [5, 5.41) is 13.7. The number of carbonyl (C=O) groups excluding carboxylic acids is 1. The van der Waals surface area contributed by atoms with Gasteiger partial charge in [-0.3, -0.25) is 10.1 Å². The first-order valence-corrected chi connectivity index (χ1v) is 9.72. The molecule has 0 aliphatic rings. The molecule has 0 fully saturated rings. The van der Waals surface area contributed by atoms with Gasteiger partial charge >= 0.3 is 0 Å². The molecule has 1 amide bonds. The molecule has 3 rings (SSSR count). The number of ether oxygens (including phenoxy) is 1. The molecule has 3 aromatic rings. The van der Waals surface area contributed by atoms with Gasteiger partial charge in [0.15, 0.2) is 5.75 Å². The molecule has 0 aliphatic carbocycles. The van der Waals surface area contributed by atoms with Gasteiger partial charge in [0, 0.05) is 17.7 Å². The van der Waals surface area contributed by atoms with Crippen LogP contribution in [-0.2, 0) is 7.05 Å². The largest absolute Gasteiger partial charge is 0.490 e. The van der Waals surface area contributed by atoms with E-state index >= 15 is 0 Å². The maximum atomic E-state index is 12.9. The van der Waals surface area contributed by atoms with Crippen molar-refractivity contribution in [2.24, 2.45) is 7.05 Å². The molecule has 0 atom stereocenters. The number of aryl methyl sites for hydroxylation is 1. The summed E-state index contributed by atoms with van der Waals surface area (Å²) in [5.74, 6) is 0.191. The number of nitrogens with one attached hydrogen (secondary N) is 1. The van der Waals surface area contributed by atoms with Crippen LogP contribution in [0.1, 0.15) is 10.4 Å².